The predicted molar refractivity (Wildman–Crippen MR) is 72.7 cm³/mol. The molecule has 0 aromatic heterocycles. The van der Waals surface area contributed by atoms with E-state index in [-0.39, 0.29) is 24.4 Å². The van der Waals surface area contributed by atoms with Crippen molar-refractivity contribution in [2.75, 3.05) is 11.9 Å². The van der Waals surface area contributed by atoms with Gasteiger partial charge in [-0.25, -0.2) is 0 Å². The van der Waals surface area contributed by atoms with E-state index < -0.39 is 0 Å². The van der Waals surface area contributed by atoms with E-state index in [4.69, 9.17) is 0 Å². The van der Waals surface area contributed by atoms with Crippen LogP contribution in [0.1, 0.15) is 25.3 Å². The molecule has 1 aromatic carbocycles. The zero-order valence-electron chi connectivity index (χ0n) is 10.0. The van der Waals surface area contributed by atoms with E-state index in [0.29, 0.717) is 0 Å². The van der Waals surface area contributed by atoms with Crippen LogP contribution in [0.15, 0.2) is 24.3 Å². The van der Waals surface area contributed by atoms with Crippen LogP contribution >= 0.6 is 12.4 Å². The van der Waals surface area contributed by atoms with Gasteiger partial charge >= 0.3 is 0 Å². The van der Waals surface area contributed by atoms with Gasteiger partial charge in [-0.05, 0) is 43.5 Å². The molecule has 1 fully saturated rings. The summed E-state index contributed by atoms with van der Waals surface area (Å²) in [6.45, 7) is 3.07. The zero-order chi connectivity index (χ0) is 11.4. The van der Waals surface area contributed by atoms with Crippen LogP contribution in [0.3, 0.4) is 0 Å². The van der Waals surface area contributed by atoms with Crippen molar-refractivity contribution in [3.05, 3.63) is 29.8 Å². The van der Waals surface area contributed by atoms with Gasteiger partial charge < -0.3 is 10.6 Å². The maximum absolute atomic E-state index is 11.8. The van der Waals surface area contributed by atoms with Gasteiger partial charge in [0.1, 0.15) is 0 Å². The highest BCUT2D eigenvalue weighted by Crippen LogP contribution is 2.12. The fourth-order valence-electron chi connectivity index (χ4n) is 1.96. The van der Waals surface area contributed by atoms with Crippen molar-refractivity contribution in [2.24, 2.45) is 0 Å². The highest BCUT2D eigenvalue weighted by molar-refractivity contribution is 5.95. The molecule has 1 aliphatic heterocycles. The number of halogens is 1. The highest BCUT2D eigenvalue weighted by Gasteiger charge is 2.21. The molecule has 1 aromatic rings. The Hall–Kier alpha value is -1.06. The third kappa shape index (κ3) is 3.72. The Morgan fingerprint density at radius 2 is 2.12 bits per heavy atom. The van der Waals surface area contributed by atoms with E-state index in [1.165, 1.54) is 5.56 Å². The van der Waals surface area contributed by atoms with E-state index in [1.807, 2.05) is 12.1 Å². The molecule has 1 aliphatic rings. The molecule has 3 nitrogen and oxygen atoms in total. The smallest absolute Gasteiger partial charge is 0.241 e. The molecule has 1 heterocycles. The number of anilines is 1. The Labute approximate surface area is 108 Å². The van der Waals surface area contributed by atoms with Gasteiger partial charge in [0.05, 0.1) is 6.04 Å². The van der Waals surface area contributed by atoms with Crippen molar-refractivity contribution in [3.8, 4) is 0 Å². The molecule has 17 heavy (non-hydrogen) atoms. The third-order valence-electron chi connectivity index (χ3n) is 3.01. The summed E-state index contributed by atoms with van der Waals surface area (Å²) < 4.78 is 0. The Morgan fingerprint density at radius 1 is 1.41 bits per heavy atom. The first-order valence-electron chi connectivity index (χ1n) is 5.93. The second-order valence-electron chi connectivity index (χ2n) is 4.19. The lowest BCUT2D eigenvalue weighted by atomic mass is 10.1. The Balaban J connectivity index is 0.00000144. The standard InChI is InChI=1S/C13H18N2O.ClH/c1-2-10-5-7-11(8-6-10)15-13(16)12-4-3-9-14-12;/h5-8,12,14H,2-4,9H2,1H3,(H,15,16);1H. The van der Waals surface area contributed by atoms with Gasteiger partial charge in [0, 0.05) is 5.69 Å². The fourth-order valence-corrected chi connectivity index (χ4v) is 1.96. The predicted octanol–water partition coefficient (Wildman–Crippen LogP) is 2.36. The molecular formula is C13H19ClN2O. The second kappa shape index (κ2) is 6.62. The second-order valence-corrected chi connectivity index (χ2v) is 4.19. The van der Waals surface area contributed by atoms with Gasteiger partial charge in [-0.3, -0.25) is 4.79 Å². The van der Waals surface area contributed by atoms with Crippen molar-refractivity contribution in [2.45, 2.75) is 32.2 Å². The lowest BCUT2D eigenvalue weighted by Gasteiger charge is -2.11. The van der Waals surface area contributed by atoms with Gasteiger partial charge in [-0.2, -0.15) is 0 Å². The van der Waals surface area contributed by atoms with Crippen LogP contribution in [0, 0.1) is 0 Å². The molecule has 0 radical (unpaired) electrons. The number of amides is 1. The lowest BCUT2D eigenvalue weighted by molar-refractivity contribution is -0.117. The monoisotopic (exact) mass is 254 g/mol. The van der Waals surface area contributed by atoms with Crippen molar-refractivity contribution in [1.82, 2.24) is 5.32 Å². The number of rotatable bonds is 3. The Kier molecular flexibility index (Phi) is 5.45. The summed E-state index contributed by atoms with van der Waals surface area (Å²) in [4.78, 5) is 11.8. The molecule has 0 bridgehead atoms. The first-order valence-corrected chi connectivity index (χ1v) is 5.93. The van der Waals surface area contributed by atoms with Gasteiger partial charge in [-0.15, -0.1) is 12.4 Å². The number of nitrogens with one attached hydrogen (secondary N) is 2. The Morgan fingerprint density at radius 3 is 2.65 bits per heavy atom. The average Bonchev–Trinajstić information content (AvgIpc) is 2.83. The molecule has 0 aliphatic carbocycles. The molecule has 0 saturated carbocycles. The molecule has 1 unspecified atom stereocenters. The van der Waals surface area contributed by atoms with Gasteiger partial charge in [0.25, 0.3) is 0 Å². The minimum atomic E-state index is -0.00847. The van der Waals surface area contributed by atoms with E-state index in [9.17, 15) is 4.79 Å². The molecule has 2 rings (SSSR count). The summed E-state index contributed by atoms with van der Waals surface area (Å²) >= 11 is 0. The number of carbonyl (C=O) groups excluding carboxylic acids is 1. The minimum Gasteiger partial charge on any atom is -0.325 e. The molecule has 0 spiro atoms. The van der Waals surface area contributed by atoms with Crippen LogP contribution in [0.4, 0.5) is 5.69 Å². The number of hydrogen-bond acceptors (Lipinski definition) is 2. The molecule has 1 amide bonds. The number of hydrogen-bond donors (Lipinski definition) is 2. The molecular weight excluding hydrogens is 236 g/mol. The van der Waals surface area contributed by atoms with Crippen LogP contribution in [0.2, 0.25) is 0 Å². The van der Waals surface area contributed by atoms with Crippen molar-refractivity contribution in [3.63, 3.8) is 0 Å². The molecule has 2 N–H and O–H groups in total. The number of benzene rings is 1. The van der Waals surface area contributed by atoms with Crippen LogP contribution in [-0.4, -0.2) is 18.5 Å². The third-order valence-corrected chi connectivity index (χ3v) is 3.01. The van der Waals surface area contributed by atoms with E-state index in [2.05, 4.69) is 29.7 Å². The minimum absolute atomic E-state index is 0. The summed E-state index contributed by atoms with van der Waals surface area (Å²) in [5, 5.41) is 6.12. The largest absolute Gasteiger partial charge is 0.325 e. The fraction of sp³-hybridized carbons (Fsp3) is 0.462. The van der Waals surface area contributed by atoms with Crippen LogP contribution in [-0.2, 0) is 11.2 Å². The summed E-state index contributed by atoms with van der Waals surface area (Å²) in [6.07, 6.45) is 3.06. The maximum atomic E-state index is 11.8. The summed E-state index contributed by atoms with van der Waals surface area (Å²) in [5.41, 5.74) is 2.17. The SMILES string of the molecule is CCc1ccc(NC(=O)C2CCCN2)cc1.Cl. The molecule has 1 saturated heterocycles. The summed E-state index contributed by atoms with van der Waals surface area (Å²) in [5.74, 6) is 0.0850. The van der Waals surface area contributed by atoms with E-state index in [0.717, 1.165) is 31.5 Å². The van der Waals surface area contributed by atoms with Crippen LogP contribution in [0.25, 0.3) is 0 Å². The molecule has 94 valence electrons. The summed E-state index contributed by atoms with van der Waals surface area (Å²) in [7, 11) is 0. The van der Waals surface area contributed by atoms with Crippen molar-refractivity contribution < 1.29 is 4.79 Å². The maximum Gasteiger partial charge on any atom is 0.241 e. The first-order chi connectivity index (χ1) is 7.79. The lowest BCUT2D eigenvalue weighted by Crippen LogP contribution is -2.35. The van der Waals surface area contributed by atoms with Crippen LogP contribution < -0.4 is 10.6 Å². The van der Waals surface area contributed by atoms with Crippen molar-refractivity contribution in [1.29, 1.82) is 0 Å². The normalized spacial score (nSPS) is 18.5. The molecule has 4 heteroatoms. The zero-order valence-corrected chi connectivity index (χ0v) is 10.8. The van der Waals surface area contributed by atoms with Gasteiger partial charge in [0.15, 0.2) is 0 Å². The average molecular weight is 255 g/mol. The van der Waals surface area contributed by atoms with Gasteiger partial charge in [0.2, 0.25) is 5.91 Å². The number of aryl methyl sites for hydroxylation is 1. The molecule has 1 atom stereocenters. The van der Waals surface area contributed by atoms with E-state index in [1.54, 1.807) is 0 Å². The first kappa shape index (κ1) is 14.0. The van der Waals surface area contributed by atoms with Crippen LogP contribution in [0.5, 0.6) is 0 Å². The Bertz CT molecular complexity index is 358. The van der Waals surface area contributed by atoms with E-state index >= 15 is 0 Å². The topological polar surface area (TPSA) is 41.1 Å². The quantitative estimate of drug-likeness (QED) is 0.870. The highest BCUT2D eigenvalue weighted by atomic mass is 35.5. The van der Waals surface area contributed by atoms with Gasteiger partial charge in [-0.1, -0.05) is 19.1 Å². The summed E-state index contributed by atoms with van der Waals surface area (Å²) in [6, 6.07) is 8.03. The van der Waals surface area contributed by atoms with Crippen molar-refractivity contribution >= 4 is 24.0 Å². The number of carbonyl (C=O) groups is 1.